The summed E-state index contributed by atoms with van der Waals surface area (Å²) in [4.78, 5) is 13.4. The molecule has 1 aliphatic heterocycles. The molecule has 0 unspecified atom stereocenters. The maximum atomic E-state index is 12.8. The highest BCUT2D eigenvalue weighted by Crippen LogP contribution is 2.26. The second-order valence-corrected chi connectivity index (χ2v) is 11.6. The Morgan fingerprint density at radius 2 is 1.74 bits per heavy atom. The standard InChI is InChI=1S/C24H25ClN2O5S2/c25-21-6-3-18(4-7-21)17-32-22-8-5-19(15-23(28)29)14-20(22)16-26-9-11-27(12-10-26)34(30,31)24-2-1-13-33-24/h1-8,13-14H,9-12,15-17H2,(H,28,29). The van der Waals surface area contributed by atoms with Gasteiger partial charge in [0.2, 0.25) is 0 Å². The van der Waals surface area contributed by atoms with E-state index < -0.39 is 16.0 Å². The van der Waals surface area contributed by atoms with Gasteiger partial charge in [0, 0.05) is 43.3 Å². The molecule has 0 radical (unpaired) electrons. The molecule has 7 nitrogen and oxygen atoms in total. The van der Waals surface area contributed by atoms with Crippen molar-refractivity contribution in [1.29, 1.82) is 0 Å². The molecule has 2 heterocycles. The van der Waals surface area contributed by atoms with Crippen molar-refractivity contribution in [2.45, 2.75) is 23.8 Å². The van der Waals surface area contributed by atoms with Crippen molar-refractivity contribution in [2.24, 2.45) is 0 Å². The number of carboxylic acid groups (broad SMARTS) is 1. The zero-order valence-electron chi connectivity index (χ0n) is 18.4. The summed E-state index contributed by atoms with van der Waals surface area (Å²) >= 11 is 7.18. The Balaban J connectivity index is 1.45. The Morgan fingerprint density at radius 1 is 1.03 bits per heavy atom. The number of hydrogen-bond acceptors (Lipinski definition) is 6. The first kappa shape index (κ1) is 24.7. The molecule has 34 heavy (non-hydrogen) atoms. The molecule has 0 atom stereocenters. The molecule has 180 valence electrons. The molecule has 3 aromatic rings. The van der Waals surface area contributed by atoms with Crippen LogP contribution in [0.1, 0.15) is 16.7 Å². The van der Waals surface area contributed by atoms with Crippen molar-refractivity contribution in [3.05, 3.63) is 81.7 Å². The lowest BCUT2D eigenvalue weighted by Gasteiger charge is -2.34. The molecule has 0 bridgehead atoms. The van der Waals surface area contributed by atoms with E-state index >= 15 is 0 Å². The van der Waals surface area contributed by atoms with Crippen molar-refractivity contribution in [3.63, 3.8) is 0 Å². The van der Waals surface area contributed by atoms with Crippen LogP contribution in [0.2, 0.25) is 5.02 Å². The number of halogens is 1. The maximum absolute atomic E-state index is 12.8. The lowest BCUT2D eigenvalue weighted by Crippen LogP contribution is -2.48. The van der Waals surface area contributed by atoms with E-state index in [1.165, 1.54) is 15.6 Å². The second-order valence-electron chi connectivity index (χ2n) is 8.04. The van der Waals surface area contributed by atoms with Gasteiger partial charge in [0.15, 0.2) is 0 Å². The monoisotopic (exact) mass is 520 g/mol. The van der Waals surface area contributed by atoms with Crippen LogP contribution in [0.3, 0.4) is 0 Å². The van der Waals surface area contributed by atoms with Crippen LogP contribution in [-0.2, 0) is 34.4 Å². The van der Waals surface area contributed by atoms with Gasteiger partial charge in [-0.3, -0.25) is 9.69 Å². The van der Waals surface area contributed by atoms with Crippen molar-refractivity contribution in [1.82, 2.24) is 9.21 Å². The second kappa shape index (κ2) is 10.9. The number of aliphatic carboxylic acids is 1. The highest BCUT2D eigenvalue weighted by Gasteiger charge is 2.29. The van der Waals surface area contributed by atoms with Gasteiger partial charge in [-0.05, 0) is 40.8 Å². The number of sulfonamides is 1. The first-order chi connectivity index (χ1) is 16.3. The number of piperazine rings is 1. The molecule has 1 aromatic heterocycles. The van der Waals surface area contributed by atoms with Crippen LogP contribution in [0.15, 0.2) is 64.2 Å². The number of thiophene rings is 1. The summed E-state index contributed by atoms with van der Waals surface area (Å²) in [6.45, 7) is 2.84. The molecular weight excluding hydrogens is 496 g/mol. The van der Waals surface area contributed by atoms with E-state index in [0.717, 1.165) is 11.1 Å². The Hall–Kier alpha value is -2.43. The predicted molar refractivity (Wildman–Crippen MR) is 132 cm³/mol. The Kier molecular flexibility index (Phi) is 7.90. The fraction of sp³-hybridized carbons (Fsp3) is 0.292. The quantitative estimate of drug-likeness (QED) is 0.457. The zero-order chi connectivity index (χ0) is 24.1. The first-order valence-corrected chi connectivity index (χ1v) is 13.5. The molecule has 0 spiro atoms. The minimum atomic E-state index is -3.46. The summed E-state index contributed by atoms with van der Waals surface area (Å²) in [5.41, 5.74) is 2.54. The Bertz CT molecular complexity index is 1220. The number of hydrogen-bond donors (Lipinski definition) is 1. The molecule has 1 fully saturated rings. The molecule has 0 amide bonds. The molecule has 0 saturated carbocycles. The summed E-state index contributed by atoms with van der Waals surface area (Å²) in [6, 6.07) is 16.2. The molecule has 1 saturated heterocycles. The predicted octanol–water partition coefficient (Wildman–Crippen LogP) is 4.11. The number of ether oxygens (including phenoxy) is 1. The summed E-state index contributed by atoms with van der Waals surface area (Å²) in [5.74, 6) is -0.217. The van der Waals surface area contributed by atoms with Crippen LogP contribution in [-0.4, -0.2) is 54.9 Å². The lowest BCUT2D eigenvalue weighted by atomic mass is 10.1. The maximum Gasteiger partial charge on any atom is 0.307 e. The van der Waals surface area contributed by atoms with Gasteiger partial charge in [-0.15, -0.1) is 11.3 Å². The van der Waals surface area contributed by atoms with E-state index in [0.29, 0.717) is 59.9 Å². The molecule has 10 heteroatoms. The van der Waals surface area contributed by atoms with Gasteiger partial charge in [0.1, 0.15) is 16.6 Å². The van der Waals surface area contributed by atoms with Crippen LogP contribution < -0.4 is 4.74 Å². The largest absolute Gasteiger partial charge is 0.489 e. The van der Waals surface area contributed by atoms with E-state index in [9.17, 15) is 18.3 Å². The number of rotatable bonds is 9. The zero-order valence-corrected chi connectivity index (χ0v) is 20.8. The smallest absolute Gasteiger partial charge is 0.307 e. The summed E-state index contributed by atoms with van der Waals surface area (Å²) < 4.78 is 33.5. The van der Waals surface area contributed by atoms with Crippen LogP contribution in [0, 0.1) is 0 Å². The third-order valence-electron chi connectivity index (χ3n) is 5.60. The SMILES string of the molecule is O=C(O)Cc1ccc(OCc2ccc(Cl)cc2)c(CN2CCN(S(=O)(=O)c3cccs3)CC2)c1. The average Bonchev–Trinajstić information content (AvgIpc) is 3.36. The highest BCUT2D eigenvalue weighted by molar-refractivity contribution is 7.91. The van der Waals surface area contributed by atoms with E-state index in [4.69, 9.17) is 16.3 Å². The van der Waals surface area contributed by atoms with Crippen LogP contribution in [0.5, 0.6) is 5.75 Å². The Labute approximate surface area is 208 Å². The van der Waals surface area contributed by atoms with E-state index in [1.54, 1.807) is 41.8 Å². The molecule has 1 N–H and O–H groups in total. The topological polar surface area (TPSA) is 87.2 Å². The van der Waals surface area contributed by atoms with Crippen LogP contribution in [0.25, 0.3) is 0 Å². The molecule has 4 rings (SSSR count). The third kappa shape index (κ3) is 6.17. The number of carboxylic acids is 1. The van der Waals surface area contributed by atoms with Gasteiger partial charge >= 0.3 is 5.97 Å². The van der Waals surface area contributed by atoms with Crippen molar-refractivity contribution in [2.75, 3.05) is 26.2 Å². The minimum Gasteiger partial charge on any atom is -0.489 e. The van der Waals surface area contributed by atoms with Gasteiger partial charge in [-0.1, -0.05) is 41.9 Å². The summed E-state index contributed by atoms with van der Waals surface area (Å²) in [5, 5.41) is 11.6. The van der Waals surface area contributed by atoms with E-state index in [2.05, 4.69) is 4.90 Å². The lowest BCUT2D eigenvalue weighted by molar-refractivity contribution is -0.136. The van der Waals surface area contributed by atoms with Gasteiger partial charge < -0.3 is 9.84 Å². The number of benzene rings is 2. The first-order valence-electron chi connectivity index (χ1n) is 10.8. The van der Waals surface area contributed by atoms with E-state index in [1.807, 2.05) is 18.2 Å². The van der Waals surface area contributed by atoms with Crippen LogP contribution >= 0.6 is 22.9 Å². The molecule has 1 aliphatic rings. The van der Waals surface area contributed by atoms with Gasteiger partial charge in [-0.2, -0.15) is 4.31 Å². The molecule has 2 aromatic carbocycles. The van der Waals surface area contributed by atoms with Crippen molar-refractivity contribution in [3.8, 4) is 5.75 Å². The fourth-order valence-corrected chi connectivity index (χ4v) is 6.52. The summed E-state index contributed by atoms with van der Waals surface area (Å²) in [6.07, 6.45) is -0.0721. The Morgan fingerprint density at radius 3 is 2.38 bits per heavy atom. The van der Waals surface area contributed by atoms with Crippen LogP contribution in [0.4, 0.5) is 0 Å². The third-order valence-corrected chi connectivity index (χ3v) is 9.13. The minimum absolute atomic E-state index is 0.0721. The summed E-state index contributed by atoms with van der Waals surface area (Å²) in [7, 11) is -3.46. The van der Waals surface area contributed by atoms with Gasteiger partial charge in [0.05, 0.1) is 6.42 Å². The molecular formula is C24H25ClN2O5S2. The van der Waals surface area contributed by atoms with Crippen molar-refractivity contribution < 1.29 is 23.1 Å². The van der Waals surface area contributed by atoms with Crippen molar-refractivity contribution >= 4 is 38.9 Å². The van der Waals surface area contributed by atoms with Gasteiger partial charge in [0.25, 0.3) is 10.0 Å². The fourth-order valence-electron chi connectivity index (χ4n) is 3.83. The molecule has 0 aliphatic carbocycles. The average molecular weight is 521 g/mol. The highest BCUT2D eigenvalue weighted by atomic mass is 35.5. The number of nitrogens with zero attached hydrogens (tertiary/aromatic N) is 2. The van der Waals surface area contributed by atoms with Gasteiger partial charge in [-0.25, -0.2) is 8.42 Å². The number of carbonyl (C=O) groups is 1. The normalized spacial score (nSPS) is 15.3. The van der Waals surface area contributed by atoms with E-state index in [-0.39, 0.29) is 6.42 Å².